The van der Waals surface area contributed by atoms with Crippen LogP contribution in [-0.2, 0) is 13.1 Å². The molecule has 0 radical (unpaired) electrons. The Balaban J connectivity index is 1.84. The van der Waals surface area contributed by atoms with Gasteiger partial charge in [0.1, 0.15) is 11.8 Å². The lowest BCUT2D eigenvalue weighted by Gasteiger charge is -2.07. The lowest BCUT2D eigenvalue weighted by atomic mass is 10.2. The first-order chi connectivity index (χ1) is 10.3. The van der Waals surface area contributed by atoms with Crippen LogP contribution < -0.4 is 11.1 Å². The van der Waals surface area contributed by atoms with E-state index in [1.807, 2.05) is 10.6 Å². The van der Waals surface area contributed by atoms with Crippen LogP contribution in [0.25, 0.3) is 11.2 Å². The van der Waals surface area contributed by atoms with Crippen LogP contribution >= 0.6 is 22.6 Å². The lowest BCUT2D eigenvalue weighted by Crippen LogP contribution is -2.09. The van der Waals surface area contributed by atoms with Gasteiger partial charge in [-0.15, -0.1) is 0 Å². The van der Waals surface area contributed by atoms with E-state index < -0.39 is 0 Å². The van der Waals surface area contributed by atoms with Gasteiger partial charge in [-0.1, -0.05) is 12.1 Å². The molecule has 0 saturated carbocycles. The topological polar surface area (TPSA) is 81.7 Å². The number of benzene rings is 1. The van der Waals surface area contributed by atoms with Crippen LogP contribution in [0.1, 0.15) is 5.56 Å². The van der Waals surface area contributed by atoms with Crippen LogP contribution in [0.2, 0.25) is 0 Å². The fourth-order valence-electron chi connectivity index (χ4n) is 2.15. The number of anilines is 1. The lowest BCUT2D eigenvalue weighted by molar-refractivity contribution is 0.721. The van der Waals surface area contributed by atoms with Crippen molar-refractivity contribution in [2.75, 3.05) is 11.9 Å². The third-order valence-electron chi connectivity index (χ3n) is 3.12. The summed E-state index contributed by atoms with van der Waals surface area (Å²) in [6.07, 6.45) is 3.30. The Labute approximate surface area is 135 Å². The summed E-state index contributed by atoms with van der Waals surface area (Å²) < 4.78 is 3.15. The molecule has 0 bridgehead atoms. The van der Waals surface area contributed by atoms with E-state index in [2.05, 4.69) is 61.1 Å². The van der Waals surface area contributed by atoms with E-state index in [9.17, 15) is 0 Å². The zero-order valence-corrected chi connectivity index (χ0v) is 13.5. The van der Waals surface area contributed by atoms with Crippen molar-refractivity contribution in [3.05, 3.63) is 46.1 Å². The van der Waals surface area contributed by atoms with E-state index >= 15 is 0 Å². The number of nitrogens with zero attached hydrogens (tertiary/aromatic N) is 4. The molecule has 6 nitrogen and oxygen atoms in total. The molecule has 0 aliphatic carbocycles. The molecule has 0 unspecified atom stereocenters. The second kappa shape index (κ2) is 6.35. The molecule has 3 aromatic rings. The minimum atomic E-state index is 0.556. The minimum Gasteiger partial charge on any atom is -0.364 e. The van der Waals surface area contributed by atoms with E-state index in [-0.39, 0.29) is 0 Å². The molecule has 0 atom stereocenters. The number of aromatic nitrogens is 4. The number of imidazole rings is 1. The zero-order chi connectivity index (χ0) is 14.7. The molecule has 0 amide bonds. The summed E-state index contributed by atoms with van der Waals surface area (Å²) in [6.45, 7) is 1.96. The molecule has 0 aliphatic heterocycles. The first-order valence-corrected chi connectivity index (χ1v) is 7.70. The number of fused-ring (bicyclic) bond motifs is 1. The summed E-state index contributed by atoms with van der Waals surface area (Å²) in [7, 11) is 0. The van der Waals surface area contributed by atoms with Gasteiger partial charge in [0.25, 0.3) is 0 Å². The van der Waals surface area contributed by atoms with Crippen molar-refractivity contribution in [1.82, 2.24) is 19.5 Å². The highest BCUT2D eigenvalue weighted by Gasteiger charge is 2.09. The van der Waals surface area contributed by atoms with Gasteiger partial charge in [0.05, 0.1) is 6.33 Å². The highest BCUT2D eigenvalue weighted by atomic mass is 127. The number of rotatable bonds is 5. The van der Waals surface area contributed by atoms with Gasteiger partial charge in [-0.05, 0) is 40.3 Å². The molecule has 7 heteroatoms. The van der Waals surface area contributed by atoms with Gasteiger partial charge in [0.2, 0.25) is 0 Å². The minimum absolute atomic E-state index is 0.556. The number of nitrogens with one attached hydrogen (secondary N) is 1. The molecule has 108 valence electrons. The van der Waals surface area contributed by atoms with E-state index in [1.54, 1.807) is 12.7 Å². The zero-order valence-electron chi connectivity index (χ0n) is 11.3. The maximum Gasteiger partial charge on any atom is 0.165 e. The molecule has 0 aliphatic rings. The highest BCUT2D eigenvalue weighted by molar-refractivity contribution is 14.1. The van der Waals surface area contributed by atoms with Crippen LogP contribution in [0.15, 0.2) is 36.9 Å². The van der Waals surface area contributed by atoms with E-state index in [4.69, 9.17) is 5.73 Å². The summed E-state index contributed by atoms with van der Waals surface area (Å²) in [5, 5.41) is 3.33. The third-order valence-corrected chi connectivity index (χ3v) is 3.79. The summed E-state index contributed by atoms with van der Waals surface area (Å²) in [6, 6.07) is 8.34. The molecule has 3 N–H and O–H groups in total. The third kappa shape index (κ3) is 3.13. The van der Waals surface area contributed by atoms with Crippen molar-refractivity contribution in [1.29, 1.82) is 0 Å². The average molecular weight is 394 g/mol. The molecular weight excluding hydrogens is 379 g/mol. The van der Waals surface area contributed by atoms with Crippen LogP contribution in [0, 0.1) is 3.57 Å². The number of nitrogens with two attached hydrogens (primary N) is 1. The number of halogens is 1. The molecular formula is C14H15IN6. The number of hydrogen-bond acceptors (Lipinski definition) is 5. The van der Waals surface area contributed by atoms with Crippen molar-refractivity contribution in [3.8, 4) is 0 Å². The van der Waals surface area contributed by atoms with Crippen molar-refractivity contribution in [2.24, 2.45) is 5.73 Å². The summed E-state index contributed by atoms with van der Waals surface area (Å²) in [5.41, 5.74) is 8.37. The van der Waals surface area contributed by atoms with Gasteiger partial charge in [-0.2, -0.15) is 0 Å². The standard InChI is InChI=1S/C14H15IN6/c15-11-3-1-2-10(6-11)7-17-13-12-14(19-8-18-13)21(5-4-16)9-20-12/h1-3,6,8-9H,4-5,7,16H2,(H,17,18,19). The monoisotopic (exact) mass is 394 g/mol. The van der Waals surface area contributed by atoms with Crippen LogP contribution in [0.4, 0.5) is 5.82 Å². The Bertz CT molecular complexity index is 754. The van der Waals surface area contributed by atoms with E-state index in [0.29, 0.717) is 19.6 Å². The van der Waals surface area contributed by atoms with Gasteiger partial charge >= 0.3 is 0 Å². The molecule has 3 rings (SSSR count). The van der Waals surface area contributed by atoms with Gasteiger partial charge in [0, 0.05) is 23.2 Å². The fraction of sp³-hybridized carbons (Fsp3) is 0.214. The smallest absolute Gasteiger partial charge is 0.165 e. The van der Waals surface area contributed by atoms with Crippen molar-refractivity contribution >= 4 is 39.6 Å². The molecule has 0 saturated heterocycles. The summed E-state index contributed by atoms with van der Waals surface area (Å²) in [5.74, 6) is 0.745. The van der Waals surface area contributed by atoms with Crippen molar-refractivity contribution < 1.29 is 0 Å². The first-order valence-electron chi connectivity index (χ1n) is 6.62. The molecule has 1 aromatic carbocycles. The second-order valence-corrected chi connectivity index (χ2v) is 5.85. The Morgan fingerprint density at radius 2 is 2.14 bits per heavy atom. The predicted octanol–water partition coefficient (Wildman–Crippen LogP) is 2.00. The molecule has 0 spiro atoms. The van der Waals surface area contributed by atoms with Crippen LogP contribution in [-0.4, -0.2) is 26.1 Å². The average Bonchev–Trinajstić information content (AvgIpc) is 2.90. The van der Waals surface area contributed by atoms with Crippen molar-refractivity contribution in [3.63, 3.8) is 0 Å². The summed E-state index contributed by atoms with van der Waals surface area (Å²) >= 11 is 2.31. The van der Waals surface area contributed by atoms with Crippen LogP contribution in [0.5, 0.6) is 0 Å². The summed E-state index contributed by atoms with van der Waals surface area (Å²) in [4.78, 5) is 13.0. The largest absolute Gasteiger partial charge is 0.364 e. The van der Waals surface area contributed by atoms with E-state index in [0.717, 1.165) is 17.0 Å². The second-order valence-electron chi connectivity index (χ2n) is 4.60. The Kier molecular flexibility index (Phi) is 4.30. The maximum absolute atomic E-state index is 5.59. The quantitative estimate of drug-likeness (QED) is 0.647. The van der Waals surface area contributed by atoms with Crippen molar-refractivity contribution in [2.45, 2.75) is 13.1 Å². The SMILES string of the molecule is NCCn1cnc2c(NCc3cccc(I)c3)ncnc21. The highest BCUT2D eigenvalue weighted by Crippen LogP contribution is 2.18. The Hall–Kier alpha value is -1.74. The molecule has 0 fully saturated rings. The fourth-order valence-corrected chi connectivity index (χ4v) is 2.75. The van der Waals surface area contributed by atoms with Gasteiger partial charge < -0.3 is 15.6 Å². The predicted molar refractivity (Wildman–Crippen MR) is 90.9 cm³/mol. The van der Waals surface area contributed by atoms with Gasteiger partial charge in [0.15, 0.2) is 11.5 Å². The molecule has 2 aromatic heterocycles. The van der Waals surface area contributed by atoms with E-state index in [1.165, 1.54) is 9.13 Å². The van der Waals surface area contributed by atoms with Gasteiger partial charge in [-0.3, -0.25) is 0 Å². The molecule has 21 heavy (non-hydrogen) atoms. The maximum atomic E-state index is 5.59. The number of hydrogen-bond donors (Lipinski definition) is 2. The Morgan fingerprint density at radius 3 is 2.95 bits per heavy atom. The van der Waals surface area contributed by atoms with Crippen LogP contribution in [0.3, 0.4) is 0 Å². The first kappa shape index (κ1) is 14.2. The normalized spacial score (nSPS) is 11.0. The Morgan fingerprint density at radius 1 is 1.24 bits per heavy atom. The van der Waals surface area contributed by atoms with Gasteiger partial charge in [-0.25, -0.2) is 15.0 Å². The molecule has 2 heterocycles.